The van der Waals surface area contributed by atoms with Crippen LogP contribution in [0.15, 0.2) is 48.5 Å². The zero-order valence-corrected chi connectivity index (χ0v) is 14.1. The van der Waals surface area contributed by atoms with Crippen LogP contribution in [0.2, 0.25) is 0 Å². The average molecular weight is 344 g/mol. The molecule has 2 aromatic rings. The number of hydrogen-bond acceptors (Lipinski definition) is 4. The van der Waals surface area contributed by atoms with Crippen LogP contribution in [0.3, 0.4) is 0 Å². The van der Waals surface area contributed by atoms with E-state index in [1.165, 1.54) is 6.07 Å². The normalized spacial score (nSPS) is 16.5. The molecule has 1 fully saturated rings. The smallest absolute Gasteiger partial charge is 0.325 e. The fourth-order valence-corrected chi connectivity index (χ4v) is 3.29. The van der Waals surface area contributed by atoms with E-state index in [2.05, 4.69) is 4.90 Å². The Balaban J connectivity index is 1.76. The molecule has 1 unspecified atom stereocenters. The van der Waals surface area contributed by atoms with Gasteiger partial charge in [0, 0.05) is 31.7 Å². The van der Waals surface area contributed by atoms with Crippen molar-refractivity contribution < 1.29 is 19.0 Å². The van der Waals surface area contributed by atoms with Crippen molar-refractivity contribution >= 4 is 11.7 Å². The Morgan fingerprint density at radius 1 is 1.08 bits per heavy atom. The summed E-state index contributed by atoms with van der Waals surface area (Å²) in [6.07, 6.45) is 0. The highest BCUT2D eigenvalue weighted by Gasteiger charge is 2.32. The van der Waals surface area contributed by atoms with Crippen LogP contribution in [0.5, 0.6) is 5.75 Å². The van der Waals surface area contributed by atoms with Crippen LogP contribution in [0.25, 0.3) is 0 Å². The van der Waals surface area contributed by atoms with E-state index in [9.17, 15) is 14.3 Å². The number of aliphatic carboxylic acids is 1. The maximum atomic E-state index is 14.1. The molecule has 6 heteroatoms. The SMILES string of the molecule is COc1ccccc1N1CCN(C(C(=O)O)c2ccccc2F)CC1. The lowest BCUT2D eigenvalue weighted by molar-refractivity contribution is -0.143. The molecule has 1 atom stereocenters. The largest absolute Gasteiger partial charge is 0.495 e. The summed E-state index contributed by atoms with van der Waals surface area (Å²) < 4.78 is 19.5. The van der Waals surface area contributed by atoms with Crippen LogP contribution in [-0.4, -0.2) is 49.3 Å². The summed E-state index contributed by atoms with van der Waals surface area (Å²) in [6.45, 7) is 2.36. The molecule has 1 saturated heterocycles. The quantitative estimate of drug-likeness (QED) is 0.904. The van der Waals surface area contributed by atoms with Crippen molar-refractivity contribution in [2.75, 3.05) is 38.2 Å². The van der Waals surface area contributed by atoms with E-state index < -0.39 is 17.8 Å². The lowest BCUT2D eigenvalue weighted by Crippen LogP contribution is -2.49. The number of ether oxygens (including phenoxy) is 1. The Bertz CT molecular complexity index is 745. The second kappa shape index (κ2) is 7.53. The third kappa shape index (κ3) is 3.58. The van der Waals surface area contributed by atoms with Gasteiger partial charge in [0.1, 0.15) is 17.6 Å². The first-order valence-electron chi connectivity index (χ1n) is 8.21. The minimum absolute atomic E-state index is 0.209. The number of piperazine rings is 1. The van der Waals surface area contributed by atoms with E-state index in [1.807, 2.05) is 29.2 Å². The molecule has 132 valence electrons. The van der Waals surface area contributed by atoms with Gasteiger partial charge in [-0.1, -0.05) is 30.3 Å². The highest BCUT2D eigenvalue weighted by atomic mass is 19.1. The summed E-state index contributed by atoms with van der Waals surface area (Å²) in [6, 6.07) is 12.9. The van der Waals surface area contributed by atoms with Gasteiger partial charge in [0.2, 0.25) is 0 Å². The molecule has 0 aromatic heterocycles. The number of anilines is 1. The van der Waals surface area contributed by atoms with Crippen molar-refractivity contribution in [1.82, 2.24) is 4.90 Å². The van der Waals surface area contributed by atoms with E-state index in [-0.39, 0.29) is 5.56 Å². The molecule has 1 aliphatic rings. The van der Waals surface area contributed by atoms with Gasteiger partial charge in [-0.05, 0) is 18.2 Å². The lowest BCUT2D eigenvalue weighted by Gasteiger charge is -2.39. The van der Waals surface area contributed by atoms with Crippen molar-refractivity contribution in [2.45, 2.75) is 6.04 Å². The molecule has 1 heterocycles. The average Bonchev–Trinajstić information content (AvgIpc) is 2.64. The summed E-state index contributed by atoms with van der Waals surface area (Å²) in [7, 11) is 1.63. The molecule has 0 spiro atoms. The molecule has 1 aliphatic heterocycles. The number of benzene rings is 2. The Labute approximate surface area is 146 Å². The predicted octanol–water partition coefficient (Wildman–Crippen LogP) is 2.78. The van der Waals surface area contributed by atoms with Gasteiger partial charge in [0.25, 0.3) is 0 Å². The van der Waals surface area contributed by atoms with Gasteiger partial charge in [-0.15, -0.1) is 0 Å². The van der Waals surface area contributed by atoms with Gasteiger partial charge in [-0.25, -0.2) is 4.39 Å². The maximum absolute atomic E-state index is 14.1. The highest BCUT2D eigenvalue weighted by molar-refractivity contribution is 5.75. The van der Waals surface area contributed by atoms with Crippen molar-refractivity contribution in [2.24, 2.45) is 0 Å². The number of nitrogens with zero attached hydrogens (tertiary/aromatic N) is 2. The number of rotatable bonds is 5. The second-order valence-corrected chi connectivity index (χ2v) is 5.96. The first kappa shape index (κ1) is 17.2. The number of para-hydroxylation sites is 2. The summed E-state index contributed by atoms with van der Waals surface area (Å²) in [5.74, 6) is -0.724. The van der Waals surface area contributed by atoms with Crippen molar-refractivity contribution in [1.29, 1.82) is 0 Å². The summed E-state index contributed by atoms with van der Waals surface area (Å²) in [5.41, 5.74) is 1.20. The molecular formula is C19H21FN2O3. The van der Waals surface area contributed by atoms with E-state index >= 15 is 0 Å². The number of carboxylic acid groups (broad SMARTS) is 1. The Hall–Kier alpha value is -2.60. The number of hydrogen-bond donors (Lipinski definition) is 1. The van der Waals surface area contributed by atoms with Crippen molar-refractivity contribution in [3.8, 4) is 5.75 Å². The molecule has 0 aliphatic carbocycles. The molecule has 0 bridgehead atoms. The number of carbonyl (C=O) groups is 1. The van der Waals surface area contributed by atoms with Crippen LogP contribution in [0, 0.1) is 5.82 Å². The minimum atomic E-state index is -1.03. The van der Waals surface area contributed by atoms with Crippen LogP contribution < -0.4 is 9.64 Å². The summed E-state index contributed by atoms with van der Waals surface area (Å²) >= 11 is 0. The molecule has 1 N–H and O–H groups in total. The molecule has 0 amide bonds. The predicted molar refractivity (Wildman–Crippen MR) is 93.6 cm³/mol. The number of halogens is 1. The Morgan fingerprint density at radius 2 is 1.72 bits per heavy atom. The van der Waals surface area contributed by atoms with E-state index in [4.69, 9.17) is 4.74 Å². The maximum Gasteiger partial charge on any atom is 0.325 e. The van der Waals surface area contributed by atoms with Crippen LogP contribution in [0.4, 0.5) is 10.1 Å². The third-order valence-electron chi connectivity index (χ3n) is 4.54. The van der Waals surface area contributed by atoms with Crippen molar-refractivity contribution in [3.63, 3.8) is 0 Å². The monoisotopic (exact) mass is 344 g/mol. The topological polar surface area (TPSA) is 53.0 Å². The Morgan fingerprint density at radius 3 is 2.36 bits per heavy atom. The van der Waals surface area contributed by atoms with Crippen molar-refractivity contribution in [3.05, 3.63) is 59.9 Å². The summed E-state index contributed by atoms with van der Waals surface area (Å²) in [5, 5.41) is 9.63. The highest BCUT2D eigenvalue weighted by Crippen LogP contribution is 2.30. The number of carboxylic acids is 1. The van der Waals surface area contributed by atoms with Gasteiger partial charge in [0.15, 0.2) is 0 Å². The fraction of sp³-hybridized carbons (Fsp3) is 0.316. The zero-order valence-electron chi connectivity index (χ0n) is 14.1. The lowest BCUT2D eigenvalue weighted by atomic mass is 10.0. The summed E-state index contributed by atoms with van der Waals surface area (Å²) in [4.78, 5) is 15.7. The van der Waals surface area contributed by atoms with Gasteiger partial charge in [-0.3, -0.25) is 9.69 Å². The van der Waals surface area contributed by atoms with Crippen LogP contribution in [0.1, 0.15) is 11.6 Å². The van der Waals surface area contributed by atoms with E-state index in [0.29, 0.717) is 26.2 Å². The van der Waals surface area contributed by atoms with Crippen LogP contribution in [-0.2, 0) is 4.79 Å². The van der Waals surface area contributed by atoms with Gasteiger partial charge >= 0.3 is 5.97 Å². The Kier molecular flexibility index (Phi) is 5.19. The molecule has 25 heavy (non-hydrogen) atoms. The molecule has 2 aromatic carbocycles. The van der Waals surface area contributed by atoms with Gasteiger partial charge < -0.3 is 14.7 Å². The first-order valence-corrected chi connectivity index (χ1v) is 8.21. The van der Waals surface area contributed by atoms with Gasteiger partial charge in [0.05, 0.1) is 12.8 Å². The van der Waals surface area contributed by atoms with Gasteiger partial charge in [-0.2, -0.15) is 0 Å². The number of methoxy groups -OCH3 is 1. The fourth-order valence-electron chi connectivity index (χ4n) is 3.29. The van der Waals surface area contributed by atoms with Crippen LogP contribution >= 0.6 is 0 Å². The van der Waals surface area contributed by atoms with E-state index in [1.54, 1.807) is 25.3 Å². The third-order valence-corrected chi connectivity index (χ3v) is 4.54. The molecule has 5 nitrogen and oxygen atoms in total. The second-order valence-electron chi connectivity index (χ2n) is 5.96. The molecular weight excluding hydrogens is 323 g/mol. The molecule has 3 rings (SSSR count). The molecule has 0 radical (unpaired) electrons. The zero-order chi connectivity index (χ0) is 17.8. The standard InChI is InChI=1S/C19H21FN2O3/c1-25-17-9-5-4-8-16(17)21-10-12-22(13-11-21)18(19(23)24)14-6-2-3-7-15(14)20/h2-9,18H,10-13H2,1H3,(H,23,24). The van der Waals surface area contributed by atoms with E-state index in [0.717, 1.165) is 11.4 Å². The molecule has 0 saturated carbocycles. The minimum Gasteiger partial charge on any atom is -0.495 e. The first-order chi connectivity index (χ1) is 12.1.